The van der Waals surface area contributed by atoms with Crippen molar-refractivity contribution in [3.8, 4) is 0 Å². The molecule has 0 spiro atoms. The zero-order chi connectivity index (χ0) is 16.4. The molecular weight excluding hydrogens is 346 g/mol. The molecule has 1 aliphatic rings. The van der Waals surface area contributed by atoms with Crippen LogP contribution in [0.1, 0.15) is 33.6 Å². The third-order valence-electron chi connectivity index (χ3n) is 4.53. The van der Waals surface area contributed by atoms with Gasteiger partial charge in [-0.25, -0.2) is 0 Å². The van der Waals surface area contributed by atoms with Gasteiger partial charge in [-0.1, -0.05) is 49.4 Å². The monoisotopic (exact) mass is 373 g/mol. The first kappa shape index (κ1) is 18.7. The van der Waals surface area contributed by atoms with Gasteiger partial charge in [-0.3, -0.25) is 4.79 Å². The van der Waals surface area contributed by atoms with E-state index in [0.717, 1.165) is 10.9 Å². The molecular formula is C16H28BrNO2Si. The van der Waals surface area contributed by atoms with Crippen molar-refractivity contribution >= 4 is 30.2 Å². The minimum Gasteiger partial charge on any atom is -0.411 e. The van der Waals surface area contributed by atoms with Gasteiger partial charge in [-0.05, 0) is 22.6 Å². The molecule has 5 heteroatoms. The number of carbonyl (C=O) groups is 1. The van der Waals surface area contributed by atoms with Crippen molar-refractivity contribution in [2.75, 3.05) is 6.54 Å². The predicted molar refractivity (Wildman–Crippen MR) is 95.1 cm³/mol. The average Bonchev–Trinajstić information content (AvgIpc) is 2.55. The van der Waals surface area contributed by atoms with Gasteiger partial charge in [-0.15, -0.1) is 6.58 Å². The molecule has 0 N–H and O–H groups in total. The highest BCUT2D eigenvalue weighted by molar-refractivity contribution is 9.11. The van der Waals surface area contributed by atoms with E-state index in [1.54, 1.807) is 6.08 Å². The van der Waals surface area contributed by atoms with Crippen LogP contribution < -0.4 is 0 Å². The van der Waals surface area contributed by atoms with Crippen LogP contribution in [0, 0.1) is 0 Å². The lowest BCUT2D eigenvalue weighted by molar-refractivity contribution is -0.128. The van der Waals surface area contributed by atoms with Gasteiger partial charge in [0.15, 0.2) is 8.32 Å². The molecule has 0 unspecified atom stereocenters. The van der Waals surface area contributed by atoms with E-state index in [-0.39, 0.29) is 23.1 Å². The van der Waals surface area contributed by atoms with Crippen LogP contribution in [0.5, 0.6) is 0 Å². The van der Waals surface area contributed by atoms with Crippen molar-refractivity contribution < 1.29 is 9.22 Å². The van der Waals surface area contributed by atoms with Gasteiger partial charge < -0.3 is 9.33 Å². The molecule has 3 nitrogen and oxygen atoms in total. The van der Waals surface area contributed by atoms with Gasteiger partial charge in [-0.2, -0.15) is 0 Å². The fourth-order valence-electron chi connectivity index (χ4n) is 2.33. The second-order valence-electron chi connectivity index (χ2n) is 7.24. The molecule has 0 radical (unpaired) electrons. The Morgan fingerprint density at radius 1 is 1.52 bits per heavy atom. The Morgan fingerprint density at radius 3 is 2.52 bits per heavy atom. The summed E-state index contributed by atoms with van der Waals surface area (Å²) < 4.78 is 7.41. The van der Waals surface area contributed by atoms with E-state index in [9.17, 15) is 4.79 Å². The van der Waals surface area contributed by atoms with Crippen molar-refractivity contribution in [2.45, 2.75) is 63.9 Å². The van der Waals surface area contributed by atoms with E-state index in [4.69, 9.17) is 4.43 Å². The van der Waals surface area contributed by atoms with Crippen LogP contribution in [-0.4, -0.2) is 37.8 Å². The van der Waals surface area contributed by atoms with Gasteiger partial charge in [0.2, 0.25) is 5.91 Å². The van der Waals surface area contributed by atoms with E-state index in [1.165, 1.54) is 0 Å². The lowest BCUT2D eigenvalue weighted by Crippen LogP contribution is -2.47. The van der Waals surface area contributed by atoms with E-state index >= 15 is 0 Å². The Bertz CT molecular complexity index is 428. The second kappa shape index (κ2) is 6.80. The van der Waals surface area contributed by atoms with Crippen molar-refractivity contribution in [1.82, 2.24) is 4.90 Å². The fourth-order valence-corrected chi connectivity index (χ4v) is 4.01. The van der Waals surface area contributed by atoms with Crippen LogP contribution in [-0.2, 0) is 9.22 Å². The van der Waals surface area contributed by atoms with Gasteiger partial charge in [0, 0.05) is 13.0 Å². The Kier molecular flexibility index (Phi) is 6.04. The number of amides is 1. The molecule has 0 bridgehead atoms. The number of nitrogens with zero attached hydrogens (tertiary/aromatic N) is 1. The third-order valence-corrected chi connectivity index (χ3v) is 9.36. The molecule has 0 saturated carbocycles. The number of rotatable bonds is 6. The highest BCUT2D eigenvalue weighted by Gasteiger charge is 2.46. The summed E-state index contributed by atoms with van der Waals surface area (Å²) >= 11 is 3.43. The zero-order valence-electron chi connectivity index (χ0n) is 13.9. The largest absolute Gasteiger partial charge is 0.411 e. The van der Waals surface area contributed by atoms with Crippen LogP contribution in [0.25, 0.3) is 0 Å². The molecule has 1 rings (SSSR count). The van der Waals surface area contributed by atoms with Crippen molar-refractivity contribution in [3.05, 3.63) is 23.7 Å². The second-order valence-corrected chi connectivity index (χ2v) is 13.1. The Morgan fingerprint density at radius 2 is 2.10 bits per heavy atom. The first-order chi connectivity index (χ1) is 9.49. The van der Waals surface area contributed by atoms with Gasteiger partial charge in [0.25, 0.3) is 0 Å². The van der Waals surface area contributed by atoms with Crippen molar-refractivity contribution in [1.29, 1.82) is 0 Å². The minimum absolute atomic E-state index is 0.0485. The molecule has 0 aromatic rings. The fraction of sp³-hybridized carbons (Fsp3) is 0.688. The maximum Gasteiger partial charge on any atom is 0.225 e. The molecule has 120 valence electrons. The van der Waals surface area contributed by atoms with Crippen LogP contribution in [0.2, 0.25) is 18.1 Å². The summed E-state index contributed by atoms with van der Waals surface area (Å²) in [4.78, 5) is 14.1. The maximum absolute atomic E-state index is 12.3. The summed E-state index contributed by atoms with van der Waals surface area (Å²) in [6.45, 7) is 19.4. The van der Waals surface area contributed by atoms with Crippen LogP contribution in [0.4, 0.5) is 0 Å². The number of carbonyl (C=O) groups excluding carboxylic acids is 1. The summed E-state index contributed by atoms with van der Waals surface area (Å²) in [5.74, 6) is 0.150. The van der Waals surface area contributed by atoms with Gasteiger partial charge >= 0.3 is 0 Å². The van der Waals surface area contributed by atoms with E-state index in [0.29, 0.717) is 13.0 Å². The summed E-state index contributed by atoms with van der Waals surface area (Å²) in [6, 6.07) is 0.0523. The highest BCUT2D eigenvalue weighted by atomic mass is 79.9. The molecule has 1 heterocycles. The lowest BCUT2D eigenvalue weighted by Gasteiger charge is -2.40. The van der Waals surface area contributed by atoms with Crippen molar-refractivity contribution in [2.24, 2.45) is 0 Å². The Hall–Kier alpha value is -0.393. The SMILES string of the molecule is C=CCN1C(=O)C[C@@H](O[Si](C)(C)C(C)(C)C)[C@@H]1CC(=C)Br. The van der Waals surface area contributed by atoms with Crippen LogP contribution >= 0.6 is 15.9 Å². The Balaban J connectivity index is 2.96. The predicted octanol–water partition coefficient (Wildman–Crippen LogP) is 4.46. The topological polar surface area (TPSA) is 29.5 Å². The molecule has 1 aliphatic heterocycles. The van der Waals surface area contributed by atoms with E-state index in [1.807, 2.05) is 4.90 Å². The minimum atomic E-state index is -1.89. The van der Waals surface area contributed by atoms with Crippen LogP contribution in [0.15, 0.2) is 23.7 Å². The summed E-state index contributed by atoms with van der Waals surface area (Å²) in [5.41, 5.74) is 0. The number of hydrogen-bond donors (Lipinski definition) is 0. The Labute approximate surface area is 138 Å². The number of likely N-dealkylation sites (tertiary alicyclic amines) is 1. The lowest BCUT2D eigenvalue weighted by atomic mass is 10.1. The maximum atomic E-state index is 12.3. The zero-order valence-corrected chi connectivity index (χ0v) is 16.5. The van der Waals surface area contributed by atoms with Gasteiger partial charge in [0.1, 0.15) is 0 Å². The highest BCUT2D eigenvalue weighted by Crippen LogP contribution is 2.40. The first-order valence-corrected chi connectivity index (χ1v) is 11.1. The molecule has 0 aliphatic carbocycles. The smallest absolute Gasteiger partial charge is 0.225 e. The number of hydrogen-bond acceptors (Lipinski definition) is 2. The van der Waals surface area contributed by atoms with Crippen LogP contribution in [0.3, 0.4) is 0 Å². The molecule has 2 atom stereocenters. The van der Waals surface area contributed by atoms with E-state index in [2.05, 4.69) is 63.0 Å². The molecule has 0 aromatic heterocycles. The third kappa shape index (κ3) is 4.54. The summed E-state index contributed by atoms with van der Waals surface area (Å²) in [5, 5.41) is 0.137. The molecule has 1 amide bonds. The average molecular weight is 374 g/mol. The normalized spacial score (nSPS) is 23.5. The first-order valence-electron chi connectivity index (χ1n) is 7.41. The molecule has 21 heavy (non-hydrogen) atoms. The van der Waals surface area contributed by atoms with Gasteiger partial charge in [0.05, 0.1) is 18.6 Å². The number of halogens is 1. The molecule has 1 saturated heterocycles. The van der Waals surface area contributed by atoms with E-state index < -0.39 is 8.32 Å². The van der Waals surface area contributed by atoms with Crippen molar-refractivity contribution in [3.63, 3.8) is 0 Å². The summed E-state index contributed by atoms with van der Waals surface area (Å²) in [6.07, 6.45) is 2.91. The summed E-state index contributed by atoms with van der Waals surface area (Å²) in [7, 11) is -1.89. The standard InChI is InChI=1S/C16H28BrNO2Si/c1-8-9-18-13(10-12(2)17)14(11-15(18)19)20-21(6,7)16(3,4)5/h8,13-14H,1-2,9-11H2,3-7H3/t13-,14+/m0/s1. The molecule has 0 aromatic carbocycles. The quantitative estimate of drug-likeness (QED) is 0.507. The molecule has 1 fully saturated rings.